The van der Waals surface area contributed by atoms with Crippen LogP contribution < -0.4 is 21.2 Å². The molecule has 0 aliphatic carbocycles. The third kappa shape index (κ3) is 4.04. The van der Waals surface area contributed by atoms with Crippen LogP contribution in [-0.2, 0) is 14.1 Å². The summed E-state index contributed by atoms with van der Waals surface area (Å²) in [5.74, 6) is 0.361. The first kappa shape index (κ1) is 21.5. The largest absolute Gasteiger partial charge is 0.497 e. The molecule has 0 saturated carbocycles. The molecular formula is C24H21N3O4S. The van der Waals surface area contributed by atoms with Crippen LogP contribution in [0.25, 0.3) is 11.0 Å². The number of benzene rings is 3. The lowest BCUT2D eigenvalue weighted by Gasteiger charge is -2.16. The number of nitrogens with zero attached hydrogens (tertiary/aromatic N) is 2. The van der Waals surface area contributed by atoms with Gasteiger partial charge in [-0.3, -0.25) is 14.4 Å². The molecule has 0 fully saturated rings. The van der Waals surface area contributed by atoms with Gasteiger partial charge in [-0.2, -0.15) is 0 Å². The number of hydrogen-bond acceptors (Lipinski definition) is 5. The van der Waals surface area contributed by atoms with Crippen LogP contribution in [0.4, 0.5) is 5.69 Å². The SMILES string of the molecule is COc1ccc(C(=O)Nc2cc3c(cc2Sc2ccccc2)n(C)c(=O)c(=O)n3C)cc1. The summed E-state index contributed by atoms with van der Waals surface area (Å²) in [6.07, 6.45) is 0. The molecule has 32 heavy (non-hydrogen) atoms. The first-order valence-electron chi connectivity index (χ1n) is 9.81. The molecule has 0 saturated heterocycles. The van der Waals surface area contributed by atoms with Gasteiger partial charge in [-0.05, 0) is 48.5 Å². The van der Waals surface area contributed by atoms with Crippen LogP contribution in [0.2, 0.25) is 0 Å². The van der Waals surface area contributed by atoms with E-state index in [-0.39, 0.29) is 5.91 Å². The molecule has 4 aromatic rings. The monoisotopic (exact) mass is 447 g/mol. The minimum Gasteiger partial charge on any atom is -0.497 e. The molecule has 4 rings (SSSR count). The molecule has 7 nitrogen and oxygen atoms in total. The van der Waals surface area contributed by atoms with E-state index in [0.717, 1.165) is 9.79 Å². The Hall–Kier alpha value is -3.78. The number of amides is 1. The zero-order chi connectivity index (χ0) is 22.8. The molecule has 1 N–H and O–H groups in total. The summed E-state index contributed by atoms with van der Waals surface area (Å²) in [5, 5.41) is 2.95. The lowest BCUT2D eigenvalue weighted by Crippen LogP contribution is -2.39. The first-order valence-corrected chi connectivity index (χ1v) is 10.6. The quantitative estimate of drug-likeness (QED) is 0.472. The fraction of sp³-hybridized carbons (Fsp3) is 0.125. The van der Waals surface area contributed by atoms with E-state index < -0.39 is 11.1 Å². The molecule has 1 amide bonds. The van der Waals surface area contributed by atoms with Crippen molar-refractivity contribution in [2.75, 3.05) is 12.4 Å². The number of carbonyl (C=O) groups is 1. The van der Waals surface area contributed by atoms with Crippen molar-refractivity contribution < 1.29 is 9.53 Å². The molecule has 0 spiro atoms. The average molecular weight is 448 g/mol. The summed E-state index contributed by atoms with van der Waals surface area (Å²) in [7, 11) is 4.68. The van der Waals surface area contributed by atoms with Crippen LogP contribution in [-0.4, -0.2) is 22.2 Å². The van der Waals surface area contributed by atoms with Crippen molar-refractivity contribution >= 4 is 34.4 Å². The first-order chi connectivity index (χ1) is 15.4. The van der Waals surface area contributed by atoms with Crippen molar-refractivity contribution in [3.05, 3.63) is 93.0 Å². The Bertz CT molecular complexity index is 1420. The molecule has 8 heteroatoms. The van der Waals surface area contributed by atoms with Crippen molar-refractivity contribution in [1.29, 1.82) is 0 Å². The van der Waals surface area contributed by atoms with Crippen LogP contribution in [0.1, 0.15) is 10.4 Å². The van der Waals surface area contributed by atoms with Gasteiger partial charge in [0.1, 0.15) is 5.75 Å². The van der Waals surface area contributed by atoms with Gasteiger partial charge in [0, 0.05) is 29.4 Å². The number of aryl methyl sites for hydroxylation is 2. The molecule has 1 heterocycles. The Balaban J connectivity index is 1.84. The lowest BCUT2D eigenvalue weighted by molar-refractivity contribution is 0.102. The number of carbonyl (C=O) groups excluding carboxylic acids is 1. The summed E-state index contributed by atoms with van der Waals surface area (Å²) in [6, 6.07) is 20.0. The second kappa shape index (κ2) is 8.76. The predicted octanol–water partition coefficient (Wildman–Crippen LogP) is 3.65. The maximum Gasteiger partial charge on any atom is 0.316 e. The van der Waals surface area contributed by atoms with Crippen molar-refractivity contribution in [2.45, 2.75) is 9.79 Å². The van der Waals surface area contributed by atoms with Gasteiger partial charge in [0.15, 0.2) is 0 Å². The predicted molar refractivity (Wildman–Crippen MR) is 126 cm³/mol. The number of anilines is 1. The van der Waals surface area contributed by atoms with E-state index in [1.807, 2.05) is 36.4 Å². The highest BCUT2D eigenvalue weighted by molar-refractivity contribution is 7.99. The lowest BCUT2D eigenvalue weighted by atomic mass is 10.2. The number of hydrogen-bond donors (Lipinski definition) is 1. The molecule has 3 aromatic carbocycles. The number of rotatable bonds is 5. The second-order valence-electron chi connectivity index (χ2n) is 7.16. The summed E-state index contributed by atoms with van der Waals surface area (Å²) >= 11 is 1.46. The van der Waals surface area contributed by atoms with Gasteiger partial charge >= 0.3 is 11.1 Å². The van der Waals surface area contributed by atoms with E-state index in [9.17, 15) is 14.4 Å². The highest BCUT2D eigenvalue weighted by atomic mass is 32.2. The van der Waals surface area contributed by atoms with Gasteiger partial charge in [-0.25, -0.2) is 0 Å². The molecule has 0 unspecified atom stereocenters. The van der Waals surface area contributed by atoms with Crippen molar-refractivity contribution in [3.63, 3.8) is 0 Å². The third-order valence-electron chi connectivity index (χ3n) is 5.16. The van der Waals surface area contributed by atoms with Crippen LogP contribution in [0.3, 0.4) is 0 Å². The normalized spacial score (nSPS) is 10.8. The number of nitrogens with one attached hydrogen (secondary N) is 1. The molecule has 162 valence electrons. The minimum absolute atomic E-state index is 0.295. The van der Waals surface area contributed by atoms with Crippen molar-refractivity contribution in [1.82, 2.24) is 9.13 Å². The highest BCUT2D eigenvalue weighted by Gasteiger charge is 2.16. The molecule has 1 aromatic heterocycles. The van der Waals surface area contributed by atoms with Crippen LogP contribution in [0.5, 0.6) is 5.75 Å². The highest BCUT2D eigenvalue weighted by Crippen LogP contribution is 2.36. The van der Waals surface area contributed by atoms with E-state index in [0.29, 0.717) is 28.0 Å². The maximum atomic E-state index is 12.9. The molecular weight excluding hydrogens is 426 g/mol. The van der Waals surface area contributed by atoms with Crippen molar-refractivity contribution in [2.24, 2.45) is 14.1 Å². The zero-order valence-corrected chi connectivity index (χ0v) is 18.6. The molecule has 0 aliphatic heterocycles. The van der Waals surface area contributed by atoms with E-state index >= 15 is 0 Å². The Morgan fingerprint density at radius 2 is 1.47 bits per heavy atom. The van der Waals surface area contributed by atoms with Gasteiger partial charge in [0.2, 0.25) is 0 Å². The minimum atomic E-state index is -0.629. The number of methoxy groups -OCH3 is 1. The summed E-state index contributed by atoms with van der Waals surface area (Å²) in [6.45, 7) is 0. The Labute approximate surface area is 188 Å². The smallest absolute Gasteiger partial charge is 0.316 e. The fourth-order valence-corrected chi connectivity index (χ4v) is 4.27. The number of ether oxygens (including phenoxy) is 1. The molecule has 0 atom stereocenters. The topological polar surface area (TPSA) is 82.3 Å². The standard InChI is InChI=1S/C24H21N3O4S/c1-26-19-13-18(25-22(28)15-9-11-16(31-3)12-10-15)21(32-17-7-5-4-6-8-17)14-20(19)27(2)24(30)23(26)29/h4-14H,1-3H3,(H,25,28). The Morgan fingerprint density at radius 1 is 0.875 bits per heavy atom. The molecule has 0 aliphatic rings. The third-order valence-corrected chi connectivity index (χ3v) is 6.23. The molecule has 0 radical (unpaired) electrons. The number of fused-ring (bicyclic) bond motifs is 1. The molecule has 0 bridgehead atoms. The van der Waals surface area contributed by atoms with Gasteiger partial charge in [-0.1, -0.05) is 30.0 Å². The van der Waals surface area contributed by atoms with Gasteiger partial charge in [-0.15, -0.1) is 0 Å². The van der Waals surface area contributed by atoms with Gasteiger partial charge in [0.25, 0.3) is 5.91 Å². The van der Waals surface area contributed by atoms with E-state index in [2.05, 4.69) is 5.32 Å². The Kier molecular flexibility index (Phi) is 5.87. The van der Waals surface area contributed by atoms with Crippen LogP contribution in [0.15, 0.2) is 86.1 Å². The van der Waals surface area contributed by atoms with Crippen LogP contribution >= 0.6 is 11.8 Å². The zero-order valence-electron chi connectivity index (χ0n) is 17.8. The fourth-order valence-electron chi connectivity index (χ4n) is 3.34. The van der Waals surface area contributed by atoms with E-state index in [1.54, 1.807) is 51.5 Å². The van der Waals surface area contributed by atoms with Crippen molar-refractivity contribution in [3.8, 4) is 5.75 Å². The average Bonchev–Trinajstić information content (AvgIpc) is 2.82. The van der Waals surface area contributed by atoms with Gasteiger partial charge < -0.3 is 19.2 Å². The van der Waals surface area contributed by atoms with Gasteiger partial charge in [0.05, 0.1) is 23.8 Å². The summed E-state index contributed by atoms with van der Waals surface area (Å²) in [4.78, 5) is 39.3. The second-order valence-corrected chi connectivity index (χ2v) is 8.28. The van der Waals surface area contributed by atoms with E-state index in [4.69, 9.17) is 4.74 Å². The summed E-state index contributed by atoms with van der Waals surface area (Å²) in [5.41, 5.74) is 0.913. The number of aromatic nitrogens is 2. The summed E-state index contributed by atoms with van der Waals surface area (Å²) < 4.78 is 7.79. The Morgan fingerprint density at radius 3 is 2.06 bits per heavy atom. The van der Waals surface area contributed by atoms with E-state index in [1.165, 1.54) is 20.9 Å². The maximum absolute atomic E-state index is 12.9. The van der Waals surface area contributed by atoms with Crippen LogP contribution in [0, 0.1) is 0 Å².